The molecular formula is C18H24N4O3. The average Bonchev–Trinajstić information content (AvgIpc) is 2.83. The van der Waals surface area contributed by atoms with Gasteiger partial charge in [0.1, 0.15) is 0 Å². The lowest BCUT2D eigenvalue weighted by atomic mass is 9.99. The molecule has 0 saturated carbocycles. The Morgan fingerprint density at radius 1 is 1.24 bits per heavy atom. The van der Waals surface area contributed by atoms with Gasteiger partial charge in [0.2, 0.25) is 0 Å². The molecule has 134 valence electrons. The maximum atomic E-state index is 12.2. The van der Waals surface area contributed by atoms with Gasteiger partial charge in [-0.2, -0.15) is 5.10 Å². The molecule has 7 nitrogen and oxygen atoms in total. The molecule has 3 N–H and O–H groups in total. The molecule has 1 aromatic carbocycles. The van der Waals surface area contributed by atoms with E-state index in [1.54, 1.807) is 19.9 Å². The van der Waals surface area contributed by atoms with Crippen molar-refractivity contribution in [3.8, 4) is 5.69 Å². The molecule has 0 spiro atoms. The molecule has 1 aromatic heterocycles. The third-order valence-corrected chi connectivity index (χ3v) is 3.77. The van der Waals surface area contributed by atoms with Crippen molar-refractivity contribution in [2.45, 2.75) is 46.1 Å². The second-order valence-electron chi connectivity index (χ2n) is 6.75. The van der Waals surface area contributed by atoms with E-state index in [-0.39, 0.29) is 12.5 Å². The lowest BCUT2D eigenvalue weighted by Gasteiger charge is -2.25. The predicted molar refractivity (Wildman–Crippen MR) is 96.1 cm³/mol. The molecule has 0 saturated heterocycles. The lowest BCUT2D eigenvalue weighted by molar-refractivity contribution is -0.137. The number of aromatic nitrogens is 2. The first-order chi connectivity index (χ1) is 11.7. The summed E-state index contributed by atoms with van der Waals surface area (Å²) in [7, 11) is 0. The van der Waals surface area contributed by atoms with Crippen LogP contribution >= 0.6 is 0 Å². The number of benzene rings is 1. The zero-order chi connectivity index (χ0) is 18.6. The van der Waals surface area contributed by atoms with Crippen molar-refractivity contribution in [3.63, 3.8) is 0 Å². The first-order valence-corrected chi connectivity index (χ1v) is 8.11. The van der Waals surface area contributed by atoms with E-state index in [0.29, 0.717) is 12.1 Å². The van der Waals surface area contributed by atoms with Gasteiger partial charge >= 0.3 is 12.0 Å². The Labute approximate surface area is 147 Å². The van der Waals surface area contributed by atoms with Gasteiger partial charge in [-0.15, -0.1) is 0 Å². The van der Waals surface area contributed by atoms with Gasteiger partial charge < -0.3 is 15.7 Å². The number of aliphatic carboxylic acids is 1. The summed E-state index contributed by atoms with van der Waals surface area (Å²) in [5, 5.41) is 18.8. The van der Waals surface area contributed by atoms with Crippen LogP contribution in [0.2, 0.25) is 0 Å². The number of carbonyl (C=O) groups excluding carboxylic acids is 1. The maximum Gasteiger partial charge on any atom is 0.319 e. The summed E-state index contributed by atoms with van der Waals surface area (Å²) < 4.78 is 1.81. The molecule has 25 heavy (non-hydrogen) atoms. The zero-order valence-electron chi connectivity index (χ0n) is 15.0. The van der Waals surface area contributed by atoms with E-state index >= 15 is 0 Å². The van der Waals surface area contributed by atoms with E-state index in [9.17, 15) is 9.59 Å². The van der Waals surface area contributed by atoms with Crippen molar-refractivity contribution in [1.29, 1.82) is 0 Å². The van der Waals surface area contributed by atoms with Gasteiger partial charge in [0.05, 0.1) is 11.4 Å². The molecule has 2 amide bonds. The fourth-order valence-corrected chi connectivity index (χ4v) is 2.56. The summed E-state index contributed by atoms with van der Waals surface area (Å²) >= 11 is 0. The number of aryl methyl sites for hydroxylation is 2. The summed E-state index contributed by atoms with van der Waals surface area (Å²) in [4.78, 5) is 22.9. The van der Waals surface area contributed by atoms with Gasteiger partial charge in [0.15, 0.2) is 0 Å². The van der Waals surface area contributed by atoms with E-state index < -0.39 is 11.5 Å². The van der Waals surface area contributed by atoms with Crippen LogP contribution in [0, 0.1) is 13.8 Å². The van der Waals surface area contributed by atoms with Crippen LogP contribution in [-0.4, -0.2) is 32.4 Å². The van der Waals surface area contributed by atoms with Gasteiger partial charge in [-0.1, -0.05) is 6.07 Å². The normalized spacial score (nSPS) is 11.2. The minimum absolute atomic E-state index is 0.000686. The Hall–Kier alpha value is -2.83. The van der Waals surface area contributed by atoms with Crippen molar-refractivity contribution >= 4 is 17.7 Å². The average molecular weight is 344 g/mol. The molecule has 0 aliphatic rings. The van der Waals surface area contributed by atoms with E-state index in [2.05, 4.69) is 15.7 Å². The number of hydrogen-bond acceptors (Lipinski definition) is 3. The fraction of sp³-hybridized carbons (Fsp3) is 0.389. The molecule has 0 aliphatic heterocycles. The topological polar surface area (TPSA) is 96.2 Å². The number of anilines is 1. The molecule has 7 heteroatoms. The van der Waals surface area contributed by atoms with Gasteiger partial charge in [0, 0.05) is 23.3 Å². The molecular weight excluding hydrogens is 320 g/mol. The second kappa shape index (κ2) is 7.38. The van der Waals surface area contributed by atoms with Crippen LogP contribution in [-0.2, 0) is 4.79 Å². The van der Waals surface area contributed by atoms with Gasteiger partial charge in [-0.25, -0.2) is 9.48 Å². The molecule has 0 atom stereocenters. The minimum Gasteiger partial charge on any atom is -0.481 e. The number of nitrogens with one attached hydrogen (secondary N) is 2. The number of carboxylic acid groups (broad SMARTS) is 1. The number of nitrogens with zero attached hydrogens (tertiary/aromatic N) is 2. The highest BCUT2D eigenvalue weighted by Gasteiger charge is 2.21. The first kappa shape index (κ1) is 18.5. The van der Waals surface area contributed by atoms with Gasteiger partial charge in [-0.05, 0) is 58.4 Å². The van der Waals surface area contributed by atoms with Crippen LogP contribution in [0.25, 0.3) is 5.69 Å². The largest absolute Gasteiger partial charge is 0.481 e. The van der Waals surface area contributed by atoms with E-state index in [1.165, 1.54) is 0 Å². The number of rotatable bonds is 6. The molecule has 0 unspecified atom stereocenters. The van der Waals surface area contributed by atoms with E-state index in [4.69, 9.17) is 5.11 Å². The standard InChI is InChI=1S/C18H24N4O3/c1-12-10-13(2)22(21-12)15-7-5-6-14(11-15)19-17(25)20-18(3,4)9-8-16(23)24/h5-7,10-11H,8-9H2,1-4H3,(H,23,24)(H2,19,20,25). The van der Waals surface area contributed by atoms with Crippen molar-refractivity contribution in [1.82, 2.24) is 15.1 Å². The SMILES string of the molecule is Cc1cc(C)n(-c2cccc(NC(=O)NC(C)(C)CCC(=O)O)c2)n1. The number of carboxylic acids is 1. The number of carbonyl (C=O) groups is 2. The molecule has 0 radical (unpaired) electrons. The van der Waals surface area contributed by atoms with Crippen LogP contribution in [0.15, 0.2) is 30.3 Å². The first-order valence-electron chi connectivity index (χ1n) is 8.11. The van der Waals surface area contributed by atoms with Gasteiger partial charge in [0.25, 0.3) is 0 Å². The number of urea groups is 1. The smallest absolute Gasteiger partial charge is 0.319 e. The number of hydrogen-bond donors (Lipinski definition) is 3. The van der Waals surface area contributed by atoms with E-state index in [0.717, 1.165) is 17.1 Å². The lowest BCUT2D eigenvalue weighted by Crippen LogP contribution is -2.45. The highest BCUT2D eigenvalue weighted by atomic mass is 16.4. The zero-order valence-corrected chi connectivity index (χ0v) is 15.0. The summed E-state index contributed by atoms with van der Waals surface area (Å²) in [6, 6.07) is 9.00. The van der Waals surface area contributed by atoms with Crippen LogP contribution in [0.1, 0.15) is 38.1 Å². The highest BCUT2D eigenvalue weighted by molar-refractivity contribution is 5.90. The monoisotopic (exact) mass is 344 g/mol. The predicted octanol–water partition coefficient (Wildman–Crippen LogP) is 3.25. The minimum atomic E-state index is -0.882. The Kier molecular flexibility index (Phi) is 5.46. The summed E-state index contributed by atoms with van der Waals surface area (Å²) in [5.74, 6) is -0.882. The van der Waals surface area contributed by atoms with Crippen molar-refractivity contribution in [3.05, 3.63) is 41.7 Å². The molecule has 1 heterocycles. The maximum absolute atomic E-state index is 12.2. The molecule has 2 rings (SSSR count). The molecule has 0 fully saturated rings. The number of amides is 2. The van der Waals surface area contributed by atoms with Crippen molar-refractivity contribution in [2.75, 3.05) is 5.32 Å². The quantitative estimate of drug-likeness (QED) is 0.749. The second-order valence-corrected chi connectivity index (χ2v) is 6.75. The van der Waals surface area contributed by atoms with Crippen LogP contribution in [0.4, 0.5) is 10.5 Å². The van der Waals surface area contributed by atoms with Crippen LogP contribution in [0.3, 0.4) is 0 Å². The van der Waals surface area contributed by atoms with Crippen molar-refractivity contribution in [2.24, 2.45) is 0 Å². The Morgan fingerprint density at radius 3 is 2.56 bits per heavy atom. The third-order valence-electron chi connectivity index (χ3n) is 3.77. The highest BCUT2D eigenvalue weighted by Crippen LogP contribution is 2.17. The molecule has 0 bridgehead atoms. The molecule has 2 aromatic rings. The Balaban J connectivity index is 2.05. The van der Waals surface area contributed by atoms with Gasteiger partial charge in [-0.3, -0.25) is 4.79 Å². The van der Waals surface area contributed by atoms with Crippen LogP contribution in [0.5, 0.6) is 0 Å². The van der Waals surface area contributed by atoms with Crippen molar-refractivity contribution < 1.29 is 14.7 Å². The Morgan fingerprint density at radius 2 is 1.96 bits per heavy atom. The molecule has 0 aliphatic carbocycles. The summed E-state index contributed by atoms with van der Waals surface area (Å²) in [5.41, 5.74) is 2.81. The van der Waals surface area contributed by atoms with E-state index in [1.807, 2.05) is 42.8 Å². The third kappa shape index (κ3) is 5.34. The summed E-state index contributed by atoms with van der Waals surface area (Å²) in [6.07, 6.45) is 0.349. The van der Waals surface area contributed by atoms with Crippen LogP contribution < -0.4 is 10.6 Å². The summed E-state index contributed by atoms with van der Waals surface area (Å²) in [6.45, 7) is 7.49. The fourth-order valence-electron chi connectivity index (χ4n) is 2.56. The Bertz CT molecular complexity index is 780.